The van der Waals surface area contributed by atoms with Gasteiger partial charge in [-0.05, 0) is 18.6 Å². The summed E-state index contributed by atoms with van der Waals surface area (Å²) in [6, 6.07) is 10.4. The number of Topliss-reactive ketones (excluding diaryl/α,β-unsaturated/α-hetero) is 1. The Morgan fingerprint density at radius 1 is 1.70 bits per heavy atom. The van der Waals surface area contributed by atoms with Crippen LogP contribution < -0.4 is 0 Å². The van der Waals surface area contributed by atoms with Gasteiger partial charge in [0.25, 0.3) is 0 Å². The van der Waals surface area contributed by atoms with E-state index in [1.165, 1.54) is 0 Å². The van der Waals surface area contributed by atoms with Gasteiger partial charge in [0.2, 0.25) is 0 Å². The first-order chi connectivity index (χ1) is 4.79. The second-order valence-electron chi connectivity index (χ2n) is 2.29. The van der Waals surface area contributed by atoms with Gasteiger partial charge in [-0.2, -0.15) is 0 Å². The number of hydrogen-bond donors (Lipinski definition) is 0. The molecule has 0 atom stereocenters. The molecular formula is C9H9O. The molecule has 0 saturated heterocycles. The van der Waals surface area contributed by atoms with Gasteiger partial charge in [-0.15, -0.1) is 0 Å². The molecule has 1 heteroatoms. The number of ketones is 1. The van der Waals surface area contributed by atoms with Crippen LogP contribution in [0.3, 0.4) is 0 Å². The lowest BCUT2D eigenvalue weighted by Crippen LogP contribution is -1.94. The molecule has 0 aliphatic carbocycles. The Labute approximate surface area is 60.7 Å². The summed E-state index contributed by atoms with van der Waals surface area (Å²) < 4.78 is 0. The fourth-order valence-electron chi connectivity index (χ4n) is 0.828. The Morgan fingerprint density at radius 2 is 2.50 bits per heavy atom. The highest BCUT2D eigenvalue weighted by Gasteiger charge is 1.93. The van der Waals surface area contributed by atoms with Gasteiger partial charge < -0.3 is 0 Å². The zero-order chi connectivity index (χ0) is 7.40. The summed E-state index contributed by atoms with van der Waals surface area (Å²) in [5, 5.41) is 0. The molecular weight excluding hydrogens is 124 g/mol. The van der Waals surface area contributed by atoms with Gasteiger partial charge in [-0.25, -0.2) is 0 Å². The molecule has 10 heavy (non-hydrogen) atoms. The predicted molar refractivity (Wildman–Crippen MR) is 39.7 cm³/mol. The van der Waals surface area contributed by atoms with E-state index in [9.17, 15) is 4.79 Å². The van der Waals surface area contributed by atoms with Crippen LogP contribution in [0.1, 0.15) is 12.5 Å². The molecule has 0 aliphatic rings. The minimum atomic E-state index is 0.194. The minimum Gasteiger partial charge on any atom is -0.300 e. The van der Waals surface area contributed by atoms with E-state index >= 15 is 0 Å². The van der Waals surface area contributed by atoms with Gasteiger partial charge in [0.05, 0.1) is 0 Å². The lowest BCUT2D eigenvalue weighted by atomic mass is 10.1. The number of carbonyl (C=O) groups is 1. The lowest BCUT2D eigenvalue weighted by Gasteiger charge is -1.93. The standard InChI is InChI=1S/C9H9O/c1-8(10)7-9-5-3-2-4-6-9/h2-3,5-6H,7H2,1H3. The highest BCUT2D eigenvalue weighted by atomic mass is 16.1. The Hall–Kier alpha value is -1.11. The van der Waals surface area contributed by atoms with Crippen molar-refractivity contribution in [1.29, 1.82) is 0 Å². The molecule has 1 nitrogen and oxygen atoms in total. The first kappa shape index (κ1) is 7.00. The molecule has 1 aromatic carbocycles. The molecule has 0 bridgehead atoms. The van der Waals surface area contributed by atoms with Gasteiger partial charge in [0.15, 0.2) is 0 Å². The second-order valence-corrected chi connectivity index (χ2v) is 2.29. The fourth-order valence-corrected chi connectivity index (χ4v) is 0.828. The maximum absolute atomic E-state index is 10.6. The van der Waals surface area contributed by atoms with Crippen LogP contribution in [0.2, 0.25) is 0 Å². The molecule has 1 aromatic rings. The van der Waals surface area contributed by atoms with Crippen LogP contribution in [0.5, 0.6) is 0 Å². The summed E-state index contributed by atoms with van der Waals surface area (Å²) in [5.41, 5.74) is 1.04. The maximum atomic E-state index is 10.6. The summed E-state index contributed by atoms with van der Waals surface area (Å²) in [5.74, 6) is 0.194. The van der Waals surface area contributed by atoms with Gasteiger partial charge in [0, 0.05) is 6.42 Å². The van der Waals surface area contributed by atoms with E-state index in [2.05, 4.69) is 6.07 Å². The molecule has 0 unspecified atom stereocenters. The van der Waals surface area contributed by atoms with Crippen molar-refractivity contribution in [3.63, 3.8) is 0 Å². The summed E-state index contributed by atoms with van der Waals surface area (Å²) in [7, 11) is 0. The molecule has 1 rings (SSSR count). The molecule has 0 saturated carbocycles. The third-order valence-corrected chi connectivity index (χ3v) is 1.22. The SMILES string of the molecule is CC(=O)Cc1c[c]ccc1. The first-order valence-corrected chi connectivity index (χ1v) is 3.23. The normalized spacial score (nSPS) is 9.30. The van der Waals surface area contributed by atoms with Crippen molar-refractivity contribution < 1.29 is 4.79 Å². The molecule has 51 valence electrons. The fraction of sp³-hybridized carbons (Fsp3) is 0.222. The molecule has 0 amide bonds. The number of rotatable bonds is 2. The average Bonchev–Trinajstić information content (AvgIpc) is 1.88. The van der Waals surface area contributed by atoms with Crippen molar-refractivity contribution in [1.82, 2.24) is 0 Å². The van der Waals surface area contributed by atoms with Crippen LogP contribution in [0.25, 0.3) is 0 Å². The second kappa shape index (κ2) is 3.16. The van der Waals surface area contributed by atoms with Crippen LogP contribution in [0.4, 0.5) is 0 Å². The van der Waals surface area contributed by atoms with Gasteiger partial charge >= 0.3 is 0 Å². The molecule has 0 fully saturated rings. The van der Waals surface area contributed by atoms with Crippen molar-refractivity contribution in [2.24, 2.45) is 0 Å². The van der Waals surface area contributed by atoms with Crippen molar-refractivity contribution in [2.75, 3.05) is 0 Å². The smallest absolute Gasteiger partial charge is 0.134 e. The van der Waals surface area contributed by atoms with E-state index in [1.54, 1.807) is 6.92 Å². The first-order valence-electron chi connectivity index (χ1n) is 3.23. The topological polar surface area (TPSA) is 17.1 Å². The van der Waals surface area contributed by atoms with E-state index in [1.807, 2.05) is 24.3 Å². The Morgan fingerprint density at radius 3 is 3.00 bits per heavy atom. The third kappa shape index (κ3) is 2.02. The van der Waals surface area contributed by atoms with Crippen LogP contribution in [0.15, 0.2) is 24.3 Å². The van der Waals surface area contributed by atoms with Crippen LogP contribution in [0, 0.1) is 6.07 Å². The minimum absolute atomic E-state index is 0.194. The number of benzene rings is 1. The molecule has 0 N–H and O–H groups in total. The zero-order valence-corrected chi connectivity index (χ0v) is 5.92. The van der Waals surface area contributed by atoms with Crippen molar-refractivity contribution in [2.45, 2.75) is 13.3 Å². The number of carbonyl (C=O) groups excluding carboxylic acids is 1. The highest BCUT2D eigenvalue weighted by Crippen LogP contribution is 1.98. The monoisotopic (exact) mass is 133 g/mol. The predicted octanol–water partition coefficient (Wildman–Crippen LogP) is 1.62. The quantitative estimate of drug-likeness (QED) is 0.599. The van der Waals surface area contributed by atoms with Gasteiger partial charge in [-0.1, -0.05) is 24.3 Å². The zero-order valence-electron chi connectivity index (χ0n) is 5.92. The van der Waals surface area contributed by atoms with Crippen LogP contribution in [-0.2, 0) is 11.2 Å². The van der Waals surface area contributed by atoms with Crippen LogP contribution in [-0.4, -0.2) is 5.78 Å². The van der Waals surface area contributed by atoms with Crippen LogP contribution >= 0.6 is 0 Å². The van der Waals surface area contributed by atoms with Gasteiger partial charge in [0.1, 0.15) is 5.78 Å². The van der Waals surface area contributed by atoms with E-state index in [-0.39, 0.29) is 5.78 Å². The highest BCUT2D eigenvalue weighted by molar-refractivity contribution is 5.78. The van der Waals surface area contributed by atoms with Crippen molar-refractivity contribution in [3.05, 3.63) is 35.9 Å². The maximum Gasteiger partial charge on any atom is 0.134 e. The Balaban J connectivity index is 2.67. The van der Waals surface area contributed by atoms with Crippen molar-refractivity contribution >= 4 is 5.78 Å². The third-order valence-electron chi connectivity index (χ3n) is 1.22. The Bertz CT molecular complexity index is 213. The summed E-state index contributed by atoms with van der Waals surface area (Å²) >= 11 is 0. The Kier molecular flexibility index (Phi) is 2.21. The average molecular weight is 133 g/mol. The summed E-state index contributed by atoms with van der Waals surface area (Å²) in [6.45, 7) is 1.59. The van der Waals surface area contributed by atoms with E-state index in [4.69, 9.17) is 0 Å². The van der Waals surface area contributed by atoms with E-state index in [0.29, 0.717) is 6.42 Å². The molecule has 0 spiro atoms. The van der Waals surface area contributed by atoms with E-state index in [0.717, 1.165) is 5.56 Å². The summed E-state index contributed by atoms with van der Waals surface area (Å²) in [6.07, 6.45) is 0.525. The molecule has 0 aromatic heterocycles. The molecule has 0 aliphatic heterocycles. The number of hydrogen-bond acceptors (Lipinski definition) is 1. The largest absolute Gasteiger partial charge is 0.300 e. The lowest BCUT2D eigenvalue weighted by molar-refractivity contribution is -0.116. The molecule has 1 radical (unpaired) electrons. The van der Waals surface area contributed by atoms with Crippen molar-refractivity contribution in [3.8, 4) is 0 Å². The molecule has 0 heterocycles. The van der Waals surface area contributed by atoms with Gasteiger partial charge in [-0.3, -0.25) is 4.79 Å². The van der Waals surface area contributed by atoms with E-state index < -0.39 is 0 Å². The summed E-state index contributed by atoms with van der Waals surface area (Å²) in [4.78, 5) is 10.6.